The van der Waals surface area contributed by atoms with E-state index in [1.54, 1.807) is 12.3 Å². The van der Waals surface area contributed by atoms with E-state index in [2.05, 4.69) is 37.0 Å². The maximum atomic E-state index is 12.5. The van der Waals surface area contributed by atoms with Crippen molar-refractivity contribution < 1.29 is 9.53 Å². The number of benzene rings is 1. The number of hydrogen-bond acceptors (Lipinski definition) is 3. The van der Waals surface area contributed by atoms with E-state index in [0.29, 0.717) is 5.88 Å². The Morgan fingerprint density at radius 2 is 2.13 bits per heavy atom. The number of carbonyl (C=O) groups is 1. The molecule has 3 rings (SSSR count). The molecule has 2 aromatic rings. The van der Waals surface area contributed by atoms with Crippen molar-refractivity contribution >= 4 is 5.91 Å². The van der Waals surface area contributed by atoms with E-state index in [-0.39, 0.29) is 18.6 Å². The molecule has 4 heteroatoms. The highest BCUT2D eigenvalue weighted by atomic mass is 16.5. The van der Waals surface area contributed by atoms with Gasteiger partial charge in [0.1, 0.15) is 0 Å². The van der Waals surface area contributed by atoms with Gasteiger partial charge in [-0.2, -0.15) is 0 Å². The minimum Gasteiger partial charge on any atom is -0.468 e. The highest BCUT2D eigenvalue weighted by molar-refractivity contribution is 5.78. The molecular weight excluding hydrogens is 288 g/mol. The number of rotatable bonds is 4. The third-order valence-electron chi connectivity index (χ3n) is 4.47. The normalized spacial score (nSPS) is 17.3. The molecule has 4 nitrogen and oxygen atoms in total. The molecule has 1 saturated heterocycles. The van der Waals surface area contributed by atoms with Crippen molar-refractivity contribution in [1.82, 2.24) is 9.88 Å². The number of pyridine rings is 1. The van der Waals surface area contributed by atoms with Gasteiger partial charge in [0.05, 0.1) is 6.04 Å². The molecule has 23 heavy (non-hydrogen) atoms. The van der Waals surface area contributed by atoms with Crippen molar-refractivity contribution in [3.63, 3.8) is 0 Å². The first kappa shape index (κ1) is 15.5. The Hall–Kier alpha value is -2.36. The number of aromatic nitrogens is 1. The Kier molecular flexibility index (Phi) is 4.60. The summed E-state index contributed by atoms with van der Waals surface area (Å²) in [5.41, 5.74) is 3.77. The van der Waals surface area contributed by atoms with E-state index in [0.717, 1.165) is 19.4 Å². The van der Waals surface area contributed by atoms with E-state index in [1.165, 1.54) is 16.7 Å². The number of aryl methyl sites for hydroxylation is 2. The molecule has 1 aromatic carbocycles. The fraction of sp³-hybridized carbons (Fsp3) is 0.368. The number of ether oxygens (including phenoxy) is 1. The molecular formula is C19H22N2O2. The standard InChI is InChI=1S/C19H22N2O2/c1-14-8-9-16(12-15(14)2)17-6-5-11-21(17)19(22)13-23-18-7-3-4-10-20-18/h3-4,7-10,12,17H,5-6,11,13H2,1-2H3. The molecule has 1 fully saturated rings. The van der Waals surface area contributed by atoms with Gasteiger partial charge in [-0.15, -0.1) is 0 Å². The first-order valence-corrected chi connectivity index (χ1v) is 8.05. The second-order valence-corrected chi connectivity index (χ2v) is 6.05. The zero-order valence-electron chi connectivity index (χ0n) is 13.7. The quantitative estimate of drug-likeness (QED) is 0.869. The highest BCUT2D eigenvalue weighted by Gasteiger charge is 2.30. The predicted octanol–water partition coefficient (Wildman–Crippen LogP) is 3.44. The third-order valence-corrected chi connectivity index (χ3v) is 4.47. The van der Waals surface area contributed by atoms with Crippen molar-refractivity contribution in [2.45, 2.75) is 32.7 Å². The Bertz CT molecular complexity index is 685. The summed E-state index contributed by atoms with van der Waals surface area (Å²) in [5, 5.41) is 0. The molecule has 1 amide bonds. The molecule has 1 atom stereocenters. The maximum absolute atomic E-state index is 12.5. The number of likely N-dealkylation sites (tertiary alicyclic amines) is 1. The molecule has 0 aliphatic carbocycles. The SMILES string of the molecule is Cc1ccc(C2CCCN2C(=O)COc2ccccn2)cc1C. The maximum Gasteiger partial charge on any atom is 0.261 e. The molecule has 1 aromatic heterocycles. The van der Waals surface area contributed by atoms with Crippen molar-refractivity contribution in [3.8, 4) is 5.88 Å². The molecule has 2 heterocycles. The van der Waals surface area contributed by atoms with Gasteiger partial charge in [-0.05, 0) is 49.4 Å². The molecule has 0 saturated carbocycles. The second-order valence-electron chi connectivity index (χ2n) is 6.05. The van der Waals surface area contributed by atoms with Crippen LogP contribution in [-0.4, -0.2) is 28.9 Å². The number of nitrogens with zero attached hydrogens (tertiary/aromatic N) is 2. The topological polar surface area (TPSA) is 42.4 Å². The van der Waals surface area contributed by atoms with Crippen LogP contribution >= 0.6 is 0 Å². The third kappa shape index (κ3) is 3.52. The Morgan fingerprint density at radius 3 is 2.87 bits per heavy atom. The zero-order valence-corrected chi connectivity index (χ0v) is 13.7. The second kappa shape index (κ2) is 6.82. The van der Waals surface area contributed by atoms with Crippen molar-refractivity contribution in [2.24, 2.45) is 0 Å². The van der Waals surface area contributed by atoms with Crippen LogP contribution in [0.5, 0.6) is 5.88 Å². The summed E-state index contributed by atoms with van der Waals surface area (Å²) in [7, 11) is 0. The lowest BCUT2D eigenvalue weighted by atomic mass is 9.99. The van der Waals surface area contributed by atoms with Crippen LogP contribution in [0.1, 0.15) is 35.6 Å². The van der Waals surface area contributed by atoms with Gasteiger partial charge in [0.15, 0.2) is 6.61 Å². The smallest absolute Gasteiger partial charge is 0.261 e. The van der Waals surface area contributed by atoms with Gasteiger partial charge in [-0.3, -0.25) is 4.79 Å². The van der Waals surface area contributed by atoms with Crippen LogP contribution in [-0.2, 0) is 4.79 Å². The molecule has 120 valence electrons. The first-order valence-electron chi connectivity index (χ1n) is 8.05. The average molecular weight is 310 g/mol. The van der Waals surface area contributed by atoms with E-state index >= 15 is 0 Å². The Balaban J connectivity index is 1.68. The lowest BCUT2D eigenvalue weighted by molar-refractivity contribution is -0.134. The monoisotopic (exact) mass is 310 g/mol. The summed E-state index contributed by atoms with van der Waals surface area (Å²) in [6.07, 6.45) is 3.71. The van der Waals surface area contributed by atoms with E-state index in [1.807, 2.05) is 17.0 Å². The van der Waals surface area contributed by atoms with E-state index in [9.17, 15) is 4.79 Å². The number of carbonyl (C=O) groups excluding carboxylic acids is 1. The van der Waals surface area contributed by atoms with Gasteiger partial charge >= 0.3 is 0 Å². The fourth-order valence-corrected chi connectivity index (χ4v) is 3.03. The molecule has 1 aliphatic rings. The van der Waals surface area contributed by atoms with E-state index < -0.39 is 0 Å². The van der Waals surface area contributed by atoms with Gasteiger partial charge in [0, 0.05) is 18.8 Å². The Labute approximate surface area is 137 Å². The summed E-state index contributed by atoms with van der Waals surface area (Å²) in [5.74, 6) is 0.513. The summed E-state index contributed by atoms with van der Waals surface area (Å²) in [6.45, 7) is 5.06. The molecule has 0 spiro atoms. The minimum absolute atomic E-state index is 0.0244. The van der Waals surface area contributed by atoms with Crippen LogP contribution in [0, 0.1) is 13.8 Å². The summed E-state index contributed by atoms with van der Waals surface area (Å²) >= 11 is 0. The van der Waals surface area contributed by atoms with E-state index in [4.69, 9.17) is 4.74 Å². The summed E-state index contributed by atoms with van der Waals surface area (Å²) in [4.78, 5) is 18.5. The van der Waals surface area contributed by atoms with Crippen LogP contribution in [0.4, 0.5) is 0 Å². The molecule has 0 N–H and O–H groups in total. The first-order chi connectivity index (χ1) is 11.1. The van der Waals surface area contributed by atoms with Crippen LogP contribution in [0.15, 0.2) is 42.6 Å². The molecule has 1 unspecified atom stereocenters. The molecule has 0 bridgehead atoms. The van der Waals surface area contributed by atoms with Gasteiger partial charge in [0.25, 0.3) is 5.91 Å². The lowest BCUT2D eigenvalue weighted by Crippen LogP contribution is -2.34. The molecule has 0 radical (unpaired) electrons. The van der Waals surface area contributed by atoms with Crippen LogP contribution in [0.3, 0.4) is 0 Å². The van der Waals surface area contributed by atoms with Gasteiger partial charge < -0.3 is 9.64 Å². The van der Waals surface area contributed by atoms with Gasteiger partial charge in [-0.1, -0.05) is 24.3 Å². The highest BCUT2D eigenvalue weighted by Crippen LogP contribution is 2.32. The van der Waals surface area contributed by atoms with Crippen LogP contribution in [0.25, 0.3) is 0 Å². The van der Waals surface area contributed by atoms with Crippen molar-refractivity contribution in [3.05, 3.63) is 59.3 Å². The van der Waals surface area contributed by atoms with Gasteiger partial charge in [-0.25, -0.2) is 4.98 Å². The summed E-state index contributed by atoms with van der Waals surface area (Å²) in [6, 6.07) is 12.1. The number of hydrogen-bond donors (Lipinski definition) is 0. The number of amides is 1. The van der Waals surface area contributed by atoms with Crippen molar-refractivity contribution in [1.29, 1.82) is 0 Å². The minimum atomic E-state index is 0.0244. The zero-order chi connectivity index (χ0) is 16.2. The predicted molar refractivity (Wildman–Crippen MR) is 89.3 cm³/mol. The van der Waals surface area contributed by atoms with Crippen LogP contribution < -0.4 is 4.74 Å². The summed E-state index contributed by atoms with van der Waals surface area (Å²) < 4.78 is 5.50. The average Bonchev–Trinajstić information content (AvgIpc) is 3.06. The Morgan fingerprint density at radius 1 is 1.26 bits per heavy atom. The van der Waals surface area contributed by atoms with Gasteiger partial charge in [0.2, 0.25) is 5.88 Å². The molecule has 1 aliphatic heterocycles. The lowest BCUT2D eigenvalue weighted by Gasteiger charge is -2.25. The fourth-order valence-electron chi connectivity index (χ4n) is 3.03. The van der Waals surface area contributed by atoms with Crippen LogP contribution in [0.2, 0.25) is 0 Å². The van der Waals surface area contributed by atoms with Crippen molar-refractivity contribution in [2.75, 3.05) is 13.2 Å². The largest absolute Gasteiger partial charge is 0.468 e.